The zero-order valence-electron chi connectivity index (χ0n) is 13.0. The van der Waals surface area contributed by atoms with Gasteiger partial charge in [0.05, 0.1) is 26.5 Å². The summed E-state index contributed by atoms with van der Waals surface area (Å²) in [5.41, 5.74) is 3.33. The second-order valence-corrected chi connectivity index (χ2v) is 5.38. The molecular formula is C15H21FN4O2S. The van der Waals surface area contributed by atoms with Crippen molar-refractivity contribution in [1.82, 2.24) is 15.6 Å². The maximum Gasteiger partial charge on any atom is 0.187 e. The lowest BCUT2D eigenvalue weighted by Crippen LogP contribution is -2.42. The predicted octanol–water partition coefficient (Wildman–Crippen LogP) is 0.964. The molecule has 1 heterocycles. The summed E-state index contributed by atoms with van der Waals surface area (Å²) >= 11 is 5.13. The third-order valence-corrected chi connectivity index (χ3v) is 3.61. The van der Waals surface area contributed by atoms with E-state index in [1.807, 2.05) is 0 Å². The van der Waals surface area contributed by atoms with Gasteiger partial charge in [-0.2, -0.15) is 5.10 Å². The van der Waals surface area contributed by atoms with Gasteiger partial charge in [-0.1, -0.05) is 0 Å². The summed E-state index contributed by atoms with van der Waals surface area (Å²) in [5, 5.41) is 7.49. The minimum absolute atomic E-state index is 0.204. The number of benzene rings is 1. The van der Waals surface area contributed by atoms with Crippen molar-refractivity contribution < 1.29 is 13.9 Å². The van der Waals surface area contributed by atoms with Gasteiger partial charge in [0.1, 0.15) is 0 Å². The maximum atomic E-state index is 13.5. The minimum Gasteiger partial charge on any atom is -0.494 e. The van der Waals surface area contributed by atoms with E-state index in [2.05, 4.69) is 20.7 Å². The highest BCUT2D eigenvalue weighted by Gasteiger charge is 2.09. The second kappa shape index (κ2) is 9.39. The number of halogens is 1. The summed E-state index contributed by atoms with van der Waals surface area (Å²) in [6.45, 7) is 5.10. The average Bonchev–Trinajstić information content (AvgIpc) is 2.56. The molecule has 0 aliphatic carbocycles. The third kappa shape index (κ3) is 6.09. The van der Waals surface area contributed by atoms with E-state index in [0.29, 0.717) is 10.7 Å². The Morgan fingerprint density at radius 3 is 2.96 bits per heavy atom. The van der Waals surface area contributed by atoms with Crippen LogP contribution < -0.4 is 15.5 Å². The quantitative estimate of drug-likeness (QED) is 0.457. The lowest BCUT2D eigenvalue weighted by Gasteiger charge is -2.26. The number of methoxy groups -OCH3 is 1. The van der Waals surface area contributed by atoms with Crippen molar-refractivity contribution in [3.8, 4) is 5.75 Å². The average molecular weight is 340 g/mol. The topological polar surface area (TPSA) is 58.1 Å². The molecule has 8 heteroatoms. The Bertz CT molecular complexity index is 550. The number of thiocarbonyl (C=S) groups is 1. The number of rotatable bonds is 6. The van der Waals surface area contributed by atoms with Crippen molar-refractivity contribution in [3.05, 3.63) is 29.6 Å². The number of hydrogen-bond donors (Lipinski definition) is 2. The molecule has 1 fully saturated rings. The molecule has 0 aromatic heterocycles. The van der Waals surface area contributed by atoms with Crippen molar-refractivity contribution in [2.75, 3.05) is 46.5 Å². The Balaban J connectivity index is 1.68. The van der Waals surface area contributed by atoms with E-state index < -0.39 is 5.82 Å². The first-order chi connectivity index (χ1) is 11.2. The van der Waals surface area contributed by atoms with Crippen LogP contribution >= 0.6 is 12.2 Å². The van der Waals surface area contributed by atoms with Crippen molar-refractivity contribution in [2.24, 2.45) is 5.10 Å². The zero-order chi connectivity index (χ0) is 16.5. The molecular weight excluding hydrogens is 319 g/mol. The predicted molar refractivity (Wildman–Crippen MR) is 91.5 cm³/mol. The number of ether oxygens (including phenoxy) is 2. The highest BCUT2D eigenvalue weighted by Crippen LogP contribution is 2.16. The highest BCUT2D eigenvalue weighted by atomic mass is 32.1. The third-order valence-electron chi connectivity index (χ3n) is 3.37. The molecule has 0 saturated carbocycles. The molecule has 23 heavy (non-hydrogen) atoms. The van der Waals surface area contributed by atoms with E-state index in [1.165, 1.54) is 19.4 Å². The largest absolute Gasteiger partial charge is 0.494 e. The van der Waals surface area contributed by atoms with E-state index in [4.69, 9.17) is 21.7 Å². The number of hydrogen-bond acceptors (Lipinski definition) is 5. The SMILES string of the molecule is COc1ccc(/C=N\NC(=S)NCCN2CCOCC2)cc1F. The molecule has 0 atom stereocenters. The molecule has 2 N–H and O–H groups in total. The van der Waals surface area contributed by atoms with Crippen LogP contribution in [0.5, 0.6) is 5.75 Å². The lowest BCUT2D eigenvalue weighted by molar-refractivity contribution is 0.0389. The number of nitrogens with one attached hydrogen (secondary N) is 2. The molecule has 1 aliphatic rings. The van der Waals surface area contributed by atoms with Gasteiger partial charge in [0.25, 0.3) is 0 Å². The Hall–Kier alpha value is -1.77. The van der Waals surface area contributed by atoms with Crippen LogP contribution in [0.4, 0.5) is 4.39 Å². The highest BCUT2D eigenvalue weighted by molar-refractivity contribution is 7.80. The minimum atomic E-state index is -0.428. The van der Waals surface area contributed by atoms with Crippen molar-refractivity contribution >= 4 is 23.5 Å². The number of nitrogens with zero attached hydrogens (tertiary/aromatic N) is 2. The maximum absolute atomic E-state index is 13.5. The van der Waals surface area contributed by atoms with Gasteiger partial charge in [0, 0.05) is 26.2 Å². The molecule has 0 spiro atoms. The van der Waals surface area contributed by atoms with Crippen molar-refractivity contribution in [2.45, 2.75) is 0 Å². The van der Waals surface area contributed by atoms with Gasteiger partial charge >= 0.3 is 0 Å². The van der Waals surface area contributed by atoms with Crippen LogP contribution in [0.25, 0.3) is 0 Å². The number of hydrazone groups is 1. The summed E-state index contributed by atoms with van der Waals surface area (Å²) in [6, 6.07) is 4.61. The van der Waals surface area contributed by atoms with Crippen LogP contribution in [0.1, 0.15) is 5.56 Å². The van der Waals surface area contributed by atoms with Crippen LogP contribution in [0, 0.1) is 5.82 Å². The summed E-state index contributed by atoms with van der Waals surface area (Å²) in [5.74, 6) is -0.224. The first kappa shape index (κ1) is 17.6. The molecule has 0 radical (unpaired) electrons. The summed E-state index contributed by atoms with van der Waals surface area (Å²) in [7, 11) is 1.43. The van der Waals surface area contributed by atoms with Gasteiger partial charge in [0.2, 0.25) is 0 Å². The zero-order valence-corrected chi connectivity index (χ0v) is 13.9. The van der Waals surface area contributed by atoms with Gasteiger partial charge in [-0.3, -0.25) is 10.3 Å². The van der Waals surface area contributed by atoms with E-state index >= 15 is 0 Å². The molecule has 126 valence electrons. The van der Waals surface area contributed by atoms with Gasteiger partial charge in [-0.25, -0.2) is 4.39 Å². The Morgan fingerprint density at radius 2 is 2.26 bits per heavy atom. The monoisotopic (exact) mass is 340 g/mol. The lowest BCUT2D eigenvalue weighted by atomic mass is 10.2. The van der Waals surface area contributed by atoms with Crippen molar-refractivity contribution in [3.63, 3.8) is 0 Å². The Morgan fingerprint density at radius 1 is 1.48 bits per heavy atom. The second-order valence-electron chi connectivity index (χ2n) is 4.97. The summed E-state index contributed by atoms with van der Waals surface area (Å²) in [4.78, 5) is 2.31. The van der Waals surface area contributed by atoms with Gasteiger partial charge < -0.3 is 14.8 Å². The van der Waals surface area contributed by atoms with Gasteiger partial charge in [-0.15, -0.1) is 0 Å². The first-order valence-corrected chi connectivity index (χ1v) is 7.80. The van der Waals surface area contributed by atoms with Crippen LogP contribution in [0.2, 0.25) is 0 Å². The molecule has 6 nitrogen and oxygen atoms in total. The Labute approximate surface area is 140 Å². The van der Waals surface area contributed by atoms with Crippen LogP contribution in [-0.4, -0.2) is 62.7 Å². The molecule has 1 aliphatic heterocycles. The van der Waals surface area contributed by atoms with Gasteiger partial charge in [-0.05, 0) is 36.0 Å². The fourth-order valence-corrected chi connectivity index (χ4v) is 2.27. The molecule has 0 bridgehead atoms. The summed E-state index contributed by atoms with van der Waals surface area (Å²) in [6.07, 6.45) is 1.50. The molecule has 2 rings (SSSR count). The van der Waals surface area contributed by atoms with E-state index in [9.17, 15) is 4.39 Å². The Kier molecular flexibility index (Phi) is 7.18. The smallest absolute Gasteiger partial charge is 0.187 e. The van der Waals surface area contributed by atoms with Crippen molar-refractivity contribution in [1.29, 1.82) is 0 Å². The molecule has 1 aromatic carbocycles. The van der Waals surface area contributed by atoms with Crippen LogP contribution in [0.3, 0.4) is 0 Å². The van der Waals surface area contributed by atoms with E-state index in [1.54, 1.807) is 12.1 Å². The van der Waals surface area contributed by atoms with Crippen LogP contribution in [-0.2, 0) is 4.74 Å². The van der Waals surface area contributed by atoms with E-state index in [0.717, 1.165) is 39.4 Å². The standard InChI is InChI=1S/C15H21FN4O2S/c1-21-14-3-2-12(10-13(14)16)11-18-19-15(23)17-4-5-20-6-8-22-9-7-20/h2-3,10-11H,4-9H2,1H3,(H2,17,19,23)/b18-11-. The number of morpholine rings is 1. The first-order valence-electron chi connectivity index (χ1n) is 7.39. The van der Waals surface area contributed by atoms with Crippen LogP contribution in [0.15, 0.2) is 23.3 Å². The molecule has 0 amide bonds. The summed E-state index contributed by atoms with van der Waals surface area (Å²) < 4.78 is 23.7. The molecule has 1 aromatic rings. The fraction of sp³-hybridized carbons (Fsp3) is 0.467. The molecule has 0 unspecified atom stereocenters. The normalized spacial score (nSPS) is 15.6. The van der Waals surface area contributed by atoms with Gasteiger partial charge in [0.15, 0.2) is 16.7 Å². The van der Waals surface area contributed by atoms with E-state index in [-0.39, 0.29) is 5.75 Å². The molecule has 1 saturated heterocycles. The fourth-order valence-electron chi connectivity index (χ4n) is 2.12.